The van der Waals surface area contributed by atoms with Crippen LogP contribution in [0.15, 0.2) is 36.7 Å². The average molecular weight is 614 g/mol. The van der Waals surface area contributed by atoms with Gasteiger partial charge in [-0.05, 0) is 69.7 Å². The van der Waals surface area contributed by atoms with E-state index in [4.69, 9.17) is 9.47 Å². The van der Waals surface area contributed by atoms with Crippen molar-refractivity contribution < 1.29 is 27.4 Å². The summed E-state index contributed by atoms with van der Waals surface area (Å²) in [5, 5.41) is 11.4. The Morgan fingerprint density at radius 3 is 2.32 bits per heavy atom. The van der Waals surface area contributed by atoms with Crippen molar-refractivity contribution in [1.82, 2.24) is 25.5 Å². The number of hydrogen-bond acceptors (Lipinski definition) is 9. The number of aromatic nitrogens is 4. The van der Waals surface area contributed by atoms with Crippen molar-refractivity contribution in [2.24, 2.45) is 5.92 Å². The van der Waals surface area contributed by atoms with Crippen molar-refractivity contribution in [3.63, 3.8) is 0 Å². The fourth-order valence-corrected chi connectivity index (χ4v) is 5.51. The molecule has 2 aliphatic heterocycles. The molecule has 2 unspecified atom stereocenters. The molecule has 5 rings (SSSR count). The van der Waals surface area contributed by atoms with Gasteiger partial charge in [0.1, 0.15) is 11.4 Å². The molecule has 1 amide bonds. The summed E-state index contributed by atoms with van der Waals surface area (Å²) < 4.78 is 53.9. The lowest BCUT2D eigenvalue weighted by molar-refractivity contribution is 0.0504. The number of piperidine rings is 1. The summed E-state index contributed by atoms with van der Waals surface area (Å²) >= 11 is 0. The van der Waals surface area contributed by atoms with E-state index in [1.165, 1.54) is 0 Å². The smallest absolute Gasteiger partial charge is 0.407 e. The molecule has 0 bridgehead atoms. The van der Waals surface area contributed by atoms with Crippen LogP contribution < -0.4 is 19.9 Å². The molecule has 0 aliphatic carbocycles. The second kappa shape index (κ2) is 13.2. The molecule has 236 valence electrons. The summed E-state index contributed by atoms with van der Waals surface area (Å²) in [7, 11) is 0. The van der Waals surface area contributed by atoms with Gasteiger partial charge in [0.05, 0.1) is 30.7 Å². The van der Waals surface area contributed by atoms with Crippen molar-refractivity contribution in [2.75, 3.05) is 42.6 Å². The van der Waals surface area contributed by atoms with E-state index in [0.717, 1.165) is 49.9 Å². The van der Waals surface area contributed by atoms with Gasteiger partial charge >= 0.3 is 6.09 Å². The largest absolute Gasteiger partial charge is 0.490 e. The van der Waals surface area contributed by atoms with E-state index in [2.05, 4.69) is 37.3 Å². The van der Waals surface area contributed by atoms with Crippen LogP contribution in [0.1, 0.15) is 57.7 Å². The molecule has 2 aromatic heterocycles. The normalized spacial score (nSPS) is 19.2. The number of nitrogens with zero attached hydrogens (tertiary/aromatic N) is 6. The van der Waals surface area contributed by atoms with Crippen molar-refractivity contribution >= 4 is 17.9 Å². The van der Waals surface area contributed by atoms with Gasteiger partial charge in [-0.3, -0.25) is 0 Å². The lowest BCUT2D eigenvalue weighted by Gasteiger charge is -2.32. The molecule has 4 heterocycles. The molecule has 2 atom stereocenters. The molecular weight excluding hydrogens is 575 g/mol. The van der Waals surface area contributed by atoms with Gasteiger partial charge < -0.3 is 24.6 Å². The predicted octanol–water partition coefficient (Wildman–Crippen LogP) is 5.04. The number of aryl methyl sites for hydroxylation is 1. The topological polar surface area (TPSA) is 106 Å². The predicted molar refractivity (Wildman–Crippen MR) is 158 cm³/mol. The fourth-order valence-electron chi connectivity index (χ4n) is 5.51. The minimum absolute atomic E-state index is 0.0523. The number of alkyl carbamates (subject to hydrolysis) is 1. The van der Waals surface area contributed by atoms with Crippen molar-refractivity contribution in [3.8, 4) is 5.75 Å². The van der Waals surface area contributed by atoms with E-state index in [1.54, 1.807) is 38.1 Å². The van der Waals surface area contributed by atoms with Crippen LogP contribution in [0.4, 0.5) is 29.7 Å². The Bertz CT molecular complexity index is 1430. The number of ether oxygens (including phenoxy) is 2. The molecule has 0 radical (unpaired) electrons. The summed E-state index contributed by atoms with van der Waals surface area (Å²) in [6, 6.07) is 4.71. The van der Waals surface area contributed by atoms with E-state index < -0.39 is 41.1 Å². The van der Waals surface area contributed by atoms with E-state index >= 15 is 0 Å². The maximum atomic E-state index is 14.8. The number of benzene rings is 1. The van der Waals surface area contributed by atoms with Gasteiger partial charge in [-0.15, -0.1) is 5.10 Å². The average Bonchev–Trinajstić information content (AvgIpc) is 3.40. The quantitative estimate of drug-likeness (QED) is 0.350. The number of nitrogens with one attached hydrogen (secondary N) is 1. The number of carbonyl (C=O) groups excluding carboxylic acids is 1. The Labute approximate surface area is 255 Å². The van der Waals surface area contributed by atoms with Crippen molar-refractivity contribution in [2.45, 2.75) is 64.5 Å². The van der Waals surface area contributed by atoms with Crippen LogP contribution in [0.25, 0.3) is 0 Å². The van der Waals surface area contributed by atoms with E-state index in [0.29, 0.717) is 30.3 Å². The Balaban J connectivity index is 1.19. The number of anilines is 2. The molecule has 13 heteroatoms. The fraction of sp³-hybridized carbons (Fsp3) is 0.516. The molecule has 10 nitrogen and oxygen atoms in total. The summed E-state index contributed by atoms with van der Waals surface area (Å²) in [5.41, 5.74) is 0.170. The highest BCUT2D eigenvalue weighted by atomic mass is 19.2. The van der Waals surface area contributed by atoms with Gasteiger partial charge in [-0.25, -0.2) is 27.9 Å². The van der Waals surface area contributed by atoms with Crippen LogP contribution in [0.5, 0.6) is 5.75 Å². The summed E-state index contributed by atoms with van der Waals surface area (Å²) in [6.07, 6.45) is 5.22. The molecule has 0 spiro atoms. The third-order valence-electron chi connectivity index (χ3n) is 7.85. The van der Waals surface area contributed by atoms with Crippen LogP contribution in [-0.4, -0.2) is 70.7 Å². The van der Waals surface area contributed by atoms with E-state index in [1.807, 2.05) is 12.1 Å². The number of amides is 1. The molecule has 2 aliphatic rings. The number of hydrogen-bond donors (Lipinski definition) is 1. The second-order valence-corrected chi connectivity index (χ2v) is 12.2. The van der Waals surface area contributed by atoms with Gasteiger partial charge in [-0.1, -0.05) is 6.92 Å². The third kappa shape index (κ3) is 7.67. The minimum Gasteiger partial charge on any atom is -0.490 e. The third-order valence-corrected chi connectivity index (χ3v) is 7.85. The molecular formula is C31H38F3N7O3. The molecule has 2 saturated heterocycles. The summed E-state index contributed by atoms with van der Waals surface area (Å²) in [5.74, 6) is -1.94. The molecule has 2 fully saturated rings. The Hall–Kier alpha value is -4.16. The number of rotatable bonds is 8. The first-order valence-electron chi connectivity index (χ1n) is 14.9. The highest BCUT2D eigenvalue weighted by Crippen LogP contribution is 2.33. The van der Waals surface area contributed by atoms with Crippen LogP contribution in [-0.2, 0) is 11.2 Å². The van der Waals surface area contributed by atoms with E-state index in [-0.39, 0.29) is 18.7 Å². The monoisotopic (exact) mass is 613 g/mol. The Kier molecular flexibility index (Phi) is 9.40. The van der Waals surface area contributed by atoms with Crippen LogP contribution >= 0.6 is 0 Å². The maximum absolute atomic E-state index is 14.8. The van der Waals surface area contributed by atoms with Crippen molar-refractivity contribution in [3.05, 3.63) is 65.4 Å². The molecule has 0 saturated carbocycles. The lowest BCUT2D eigenvalue weighted by atomic mass is 9.93. The Morgan fingerprint density at radius 1 is 0.977 bits per heavy atom. The highest BCUT2D eigenvalue weighted by molar-refractivity contribution is 5.68. The van der Waals surface area contributed by atoms with Crippen LogP contribution in [0.2, 0.25) is 0 Å². The molecule has 3 aromatic rings. The van der Waals surface area contributed by atoms with Gasteiger partial charge in [0.15, 0.2) is 23.2 Å². The summed E-state index contributed by atoms with van der Waals surface area (Å²) in [4.78, 5) is 25.4. The van der Waals surface area contributed by atoms with Gasteiger partial charge in [0.25, 0.3) is 0 Å². The molecule has 44 heavy (non-hydrogen) atoms. The van der Waals surface area contributed by atoms with Gasteiger partial charge in [-0.2, -0.15) is 5.10 Å². The standard InChI is InChI=1S/C31H38F3N7O3/c1-5-20-6-7-28(39-38-20)40-10-8-19(9-11-40)18-43-21-14-35-29(36-15-21)41-16-23(22-12-25(33)26(34)13-24(22)32)27(17-41)37-30(42)44-31(2,3)4/h6-7,12-15,19,23,27H,5,8-11,16-18H2,1-4H3,(H,37,42). The zero-order chi connectivity index (χ0) is 31.4. The van der Waals surface area contributed by atoms with Gasteiger partial charge in [0.2, 0.25) is 5.95 Å². The first-order chi connectivity index (χ1) is 21.0. The number of halogens is 3. The number of carbonyl (C=O) groups is 1. The van der Waals surface area contributed by atoms with E-state index in [9.17, 15) is 18.0 Å². The first kappa shape index (κ1) is 31.3. The maximum Gasteiger partial charge on any atom is 0.407 e. The Morgan fingerprint density at radius 2 is 1.68 bits per heavy atom. The molecule has 1 N–H and O–H groups in total. The zero-order valence-electron chi connectivity index (χ0n) is 25.4. The zero-order valence-corrected chi connectivity index (χ0v) is 25.4. The first-order valence-corrected chi connectivity index (χ1v) is 14.9. The highest BCUT2D eigenvalue weighted by Gasteiger charge is 2.39. The summed E-state index contributed by atoms with van der Waals surface area (Å²) in [6.45, 7) is 9.86. The van der Waals surface area contributed by atoms with Crippen LogP contribution in [0.3, 0.4) is 0 Å². The molecule has 1 aromatic carbocycles. The lowest BCUT2D eigenvalue weighted by Crippen LogP contribution is -2.43. The van der Waals surface area contributed by atoms with Crippen LogP contribution in [0, 0.1) is 23.4 Å². The SMILES string of the molecule is CCc1ccc(N2CCC(COc3cnc(N4CC(NC(=O)OC(C)(C)C)C(c5cc(F)c(F)cc5F)C4)nc3)CC2)nn1. The second-order valence-electron chi connectivity index (χ2n) is 12.2. The van der Waals surface area contributed by atoms with Crippen molar-refractivity contribution in [1.29, 1.82) is 0 Å². The van der Waals surface area contributed by atoms with Gasteiger partial charge in [0, 0.05) is 38.2 Å². The minimum atomic E-state index is -1.28.